The minimum Gasteiger partial charge on any atom is -0.391 e. The van der Waals surface area contributed by atoms with Gasteiger partial charge in [0.1, 0.15) is 27.6 Å². The number of aryl methyl sites for hydroxylation is 11. The van der Waals surface area contributed by atoms with Gasteiger partial charge in [-0.05, 0) is 164 Å². The molecule has 4 N–H and O–H groups in total. The summed E-state index contributed by atoms with van der Waals surface area (Å²) in [6.07, 6.45) is 3.80. The fourth-order valence-electron chi connectivity index (χ4n) is 15.1. The van der Waals surface area contributed by atoms with Crippen molar-refractivity contribution in [1.29, 1.82) is 0 Å². The normalized spacial score (nSPS) is 18.9. The minimum absolute atomic E-state index is 0.0243. The molecule has 0 radical (unpaired) electrons. The average Bonchev–Trinajstić information content (AvgIpc) is 1.57. The van der Waals surface area contributed by atoms with E-state index in [1.807, 2.05) is 86.1 Å². The van der Waals surface area contributed by atoms with Crippen LogP contribution in [0.15, 0.2) is 162 Å². The Morgan fingerprint density at radius 2 is 0.828 bits per heavy atom. The molecule has 0 unspecified atom stereocenters. The Morgan fingerprint density at radius 3 is 1.20 bits per heavy atom. The number of pyridine rings is 1. The number of hydrogen-bond donors (Lipinski definition) is 4. The lowest BCUT2D eigenvalue weighted by molar-refractivity contribution is -0.137. The van der Waals surface area contributed by atoms with Gasteiger partial charge in [0.15, 0.2) is 23.1 Å². The molecule has 10 aromatic rings. The standard InChI is InChI=1S/C25H26N2O4.C24H27N3O4S.C20H23ClN2O4.C18H20BrN3O4/c1-17-12-22(31-26-17)15-25(30)27-16-21(28)14-23(27)24(29)11-10-18-6-5-9-20(13-18)19-7-3-2-4-8-19;1-14-8-17(4-6-20(14)24-16(3)25-13-32-24)5-7-22(29)21-10-18(28)12-27(21)23(30)11-19-9-15(2)26-31-19;1-12-7-15(21)5-3-14(12)4-6-19(25)18-9-16(24)11-23(18)20(26)10-17-8-13(2)22-27-17;1-11-6-14(26-21-11)9-18(25)22-10-13(23)8-15(22)16(24)3-2-12-4-5-20-17(19)7-12/h2-9,12-13,21,23,28H,10-11,14-16H2,1H3;4,6,8-9,13,18,21,28H,5,7,10-12H2,1-3H3;3,5,7-8,16,18,24H,4,6,9-11H2,1-2H3;4-7,13,15,23H,2-3,8-10H2,1H3/t21-,23+;18-,21+;16-,18+;13-,15+/m1111/s1. The van der Waals surface area contributed by atoms with E-state index >= 15 is 0 Å². The lowest BCUT2D eigenvalue weighted by Crippen LogP contribution is -2.41. The summed E-state index contributed by atoms with van der Waals surface area (Å²) in [6.45, 7) is 13.8. The molecule has 10 heterocycles. The van der Waals surface area contributed by atoms with Crippen molar-refractivity contribution in [3.63, 3.8) is 0 Å². The quantitative estimate of drug-likeness (QED) is 0.0366. The number of aliphatic hydroxyl groups excluding tert-OH is 4. The van der Waals surface area contributed by atoms with E-state index in [-0.39, 0.29) is 124 Å². The summed E-state index contributed by atoms with van der Waals surface area (Å²) in [5.41, 5.74) is 15.5. The number of β-amino-alcohol motifs (C(OH)–C–C–N with tert-alkyl or cyclic N) is 4. The van der Waals surface area contributed by atoms with Crippen LogP contribution in [0.5, 0.6) is 0 Å². The van der Waals surface area contributed by atoms with Crippen molar-refractivity contribution in [2.45, 2.75) is 200 Å². The molecule has 4 aliphatic rings. The summed E-state index contributed by atoms with van der Waals surface area (Å²) in [4.78, 5) is 117. The van der Waals surface area contributed by atoms with Crippen molar-refractivity contribution in [3.05, 3.63) is 234 Å². The molecule has 8 atom stereocenters. The van der Waals surface area contributed by atoms with Gasteiger partial charge in [0.2, 0.25) is 23.6 Å². The van der Waals surface area contributed by atoms with Gasteiger partial charge in [-0.15, -0.1) is 11.3 Å². The van der Waals surface area contributed by atoms with E-state index in [9.17, 15) is 58.8 Å². The van der Waals surface area contributed by atoms with Crippen LogP contribution in [0.25, 0.3) is 21.6 Å². The van der Waals surface area contributed by atoms with Crippen molar-refractivity contribution < 1.29 is 76.9 Å². The summed E-state index contributed by atoms with van der Waals surface area (Å²) >= 11 is 10.9. The SMILES string of the molecule is Cc1cc(CC(=O)N2C[C@H](O)C[C@H]2C(=O)CCc2ccc(-c3scnc3C)c(C)c2)on1.Cc1cc(CC(=O)N2C[C@H](O)C[C@H]2C(=O)CCc2ccc(Cl)cc2C)on1.Cc1cc(CC(=O)N2C[C@H](O)C[C@H]2C(=O)CCc2cccc(-c3ccccc3)c2)on1.Cc1cc(CC(=O)N2C[C@H](O)C[C@H]2C(=O)CCc2ccnc(Br)c2)on1. The number of carbonyl (C=O) groups is 8. The van der Waals surface area contributed by atoms with Crippen LogP contribution in [0.1, 0.15) is 136 Å². The predicted molar refractivity (Wildman–Crippen MR) is 435 cm³/mol. The Morgan fingerprint density at radius 1 is 0.431 bits per heavy atom. The van der Waals surface area contributed by atoms with Gasteiger partial charge in [0, 0.05) is 113 Å². The third kappa shape index (κ3) is 23.9. The molecule has 4 aliphatic heterocycles. The van der Waals surface area contributed by atoms with Gasteiger partial charge in [-0.25, -0.2) is 9.97 Å². The number of rotatable bonds is 26. The van der Waals surface area contributed by atoms with E-state index in [0.29, 0.717) is 102 Å². The largest absolute Gasteiger partial charge is 0.391 e. The first kappa shape index (κ1) is 86.5. The van der Waals surface area contributed by atoms with Crippen LogP contribution in [-0.2, 0) is 89.7 Å². The topological polar surface area (TPSA) is 360 Å². The Bertz CT molecular complexity index is 5100. The summed E-state index contributed by atoms with van der Waals surface area (Å²) in [5.74, 6) is 0.801. The molecule has 0 bridgehead atoms. The first-order valence-electron chi connectivity index (χ1n) is 38.8. The Balaban J connectivity index is 0.000000153. The van der Waals surface area contributed by atoms with E-state index in [0.717, 1.165) is 54.8 Å². The third-order valence-corrected chi connectivity index (χ3v) is 22.6. The zero-order chi connectivity index (χ0) is 82.9. The van der Waals surface area contributed by atoms with E-state index < -0.39 is 48.6 Å². The van der Waals surface area contributed by atoms with Gasteiger partial charge in [-0.2, -0.15) is 0 Å². The second-order valence-electron chi connectivity index (χ2n) is 30.2. The van der Waals surface area contributed by atoms with Crippen LogP contribution in [0.4, 0.5) is 0 Å². The smallest absolute Gasteiger partial charge is 0.231 e. The molecule has 26 nitrogen and oxygen atoms in total. The first-order chi connectivity index (χ1) is 55.6. The molecule has 6 aromatic heterocycles. The molecule has 116 heavy (non-hydrogen) atoms. The lowest BCUT2D eigenvalue weighted by Gasteiger charge is -2.23. The number of aromatic nitrogens is 6. The molecule has 4 saturated heterocycles. The minimum atomic E-state index is -0.687. The fraction of sp³-hybridized carbons (Fsp3) is 0.402. The number of aliphatic hydroxyl groups is 4. The van der Waals surface area contributed by atoms with Crippen molar-refractivity contribution in [3.8, 4) is 21.6 Å². The Labute approximate surface area is 689 Å². The van der Waals surface area contributed by atoms with Gasteiger partial charge >= 0.3 is 0 Å². The number of nitrogens with zero attached hydrogens (tertiary/aromatic N) is 10. The molecule has 0 saturated carbocycles. The van der Waals surface area contributed by atoms with Gasteiger partial charge in [0.25, 0.3) is 0 Å². The van der Waals surface area contributed by atoms with Crippen LogP contribution < -0.4 is 0 Å². The number of hydrogen-bond acceptors (Lipinski definition) is 23. The van der Waals surface area contributed by atoms with Gasteiger partial charge < -0.3 is 58.1 Å². The first-order valence-corrected chi connectivity index (χ1v) is 40.8. The molecule has 29 heteroatoms. The van der Waals surface area contributed by atoms with Crippen LogP contribution in [0.3, 0.4) is 0 Å². The van der Waals surface area contributed by atoms with Gasteiger partial charge in [-0.3, -0.25) is 38.4 Å². The fourth-order valence-corrected chi connectivity index (χ4v) is 16.6. The summed E-state index contributed by atoms with van der Waals surface area (Å²) in [7, 11) is 0. The molecule has 610 valence electrons. The Hall–Kier alpha value is -10.3. The lowest BCUT2D eigenvalue weighted by atomic mass is 9.97. The monoisotopic (exact) mass is 1680 g/mol. The molecule has 4 amide bonds. The van der Waals surface area contributed by atoms with Crippen LogP contribution >= 0.6 is 38.9 Å². The van der Waals surface area contributed by atoms with Crippen molar-refractivity contribution in [2.75, 3.05) is 26.2 Å². The number of ketones is 4. The number of likely N-dealkylation sites (tertiary alicyclic amines) is 4. The maximum Gasteiger partial charge on any atom is 0.231 e. The zero-order valence-electron chi connectivity index (χ0n) is 65.9. The highest BCUT2D eigenvalue weighted by Crippen LogP contribution is 2.33. The number of halogens is 2. The number of amides is 4. The number of thiazole rings is 1. The van der Waals surface area contributed by atoms with Crippen molar-refractivity contribution >= 4 is 85.6 Å². The number of Topliss-reactive ketones (excluding diaryl/α,β-unsaturated/α-hetero) is 4. The van der Waals surface area contributed by atoms with E-state index in [4.69, 9.17) is 29.7 Å². The summed E-state index contributed by atoms with van der Waals surface area (Å²) in [6, 6.07) is 38.3. The summed E-state index contributed by atoms with van der Waals surface area (Å²) < 4.78 is 21.1. The number of carbonyl (C=O) groups excluding carboxylic acids is 8. The Kier molecular flexibility index (Phi) is 30.2. The molecular weight excluding hydrogens is 1590 g/mol. The molecule has 0 aliphatic carbocycles. The van der Waals surface area contributed by atoms with Crippen molar-refractivity contribution in [2.24, 2.45) is 0 Å². The van der Waals surface area contributed by atoms with Crippen LogP contribution in [0.2, 0.25) is 5.02 Å². The number of benzene rings is 4. The maximum atomic E-state index is 13.0. The highest BCUT2D eigenvalue weighted by Gasteiger charge is 2.43. The van der Waals surface area contributed by atoms with Gasteiger partial charge in [-0.1, -0.05) is 111 Å². The van der Waals surface area contributed by atoms with Gasteiger partial charge in [0.05, 0.1) is 113 Å². The highest BCUT2D eigenvalue weighted by atomic mass is 79.9. The molecule has 14 rings (SSSR count). The molecule has 4 fully saturated rings. The van der Waals surface area contributed by atoms with Crippen molar-refractivity contribution in [1.82, 2.24) is 50.2 Å². The van der Waals surface area contributed by atoms with E-state index in [2.05, 4.69) is 89.8 Å². The highest BCUT2D eigenvalue weighted by molar-refractivity contribution is 9.10. The molecule has 0 spiro atoms. The van der Waals surface area contributed by atoms with Crippen LogP contribution in [0, 0.1) is 48.5 Å². The summed E-state index contributed by atoms with van der Waals surface area (Å²) in [5, 5.41) is 56.0. The average molecular weight is 1690 g/mol. The molecule has 4 aromatic carbocycles. The third-order valence-electron chi connectivity index (χ3n) is 20.9. The maximum absolute atomic E-state index is 13.0. The van der Waals surface area contributed by atoms with E-state index in [1.165, 1.54) is 30.0 Å². The zero-order valence-corrected chi connectivity index (χ0v) is 69.0. The van der Waals surface area contributed by atoms with E-state index in [1.54, 1.807) is 69.5 Å². The second kappa shape index (κ2) is 40.5. The van der Waals surface area contributed by atoms with Crippen LogP contribution in [-0.4, -0.2) is 192 Å². The molecular formula is C87H96BrClN10O16S. The predicted octanol–water partition coefficient (Wildman–Crippen LogP) is 11.3. The second-order valence-corrected chi connectivity index (χ2v) is 32.3.